The summed E-state index contributed by atoms with van der Waals surface area (Å²) in [5.74, 6) is 1.07. The predicted octanol–water partition coefficient (Wildman–Crippen LogP) is 3.49. The second-order valence-corrected chi connectivity index (χ2v) is 10.6. The summed E-state index contributed by atoms with van der Waals surface area (Å²) in [6.45, 7) is 4.35. The Kier molecular flexibility index (Phi) is 7.70. The van der Waals surface area contributed by atoms with Gasteiger partial charge in [-0.15, -0.1) is 10.2 Å². The van der Waals surface area contributed by atoms with Crippen LogP contribution in [0.5, 0.6) is 0 Å². The maximum absolute atomic E-state index is 12.8. The van der Waals surface area contributed by atoms with Gasteiger partial charge in [0.25, 0.3) is 0 Å². The summed E-state index contributed by atoms with van der Waals surface area (Å²) >= 11 is 1.30. The number of carbonyl (C=O) groups excluding carboxylic acids is 1. The Labute approximate surface area is 193 Å². The lowest BCUT2D eigenvalue weighted by molar-refractivity contribution is -0.113. The number of nitrogens with zero attached hydrogens (tertiary/aromatic N) is 4. The molecule has 8 nitrogen and oxygen atoms in total. The molecular weight excluding hydrogens is 446 g/mol. The first kappa shape index (κ1) is 24.0. The third-order valence-electron chi connectivity index (χ3n) is 4.81. The number of hydrogen-bond donors (Lipinski definition) is 1. The average molecular weight is 474 g/mol. The van der Waals surface area contributed by atoms with E-state index in [-0.39, 0.29) is 29.0 Å². The highest BCUT2D eigenvalue weighted by atomic mass is 32.2. The predicted molar refractivity (Wildman–Crippen MR) is 126 cm³/mol. The Morgan fingerprint density at radius 1 is 1.09 bits per heavy atom. The molecule has 1 amide bonds. The first-order valence-corrected chi connectivity index (χ1v) is 12.5. The van der Waals surface area contributed by atoms with Gasteiger partial charge < -0.3 is 9.88 Å². The molecule has 1 heterocycles. The third kappa shape index (κ3) is 5.76. The van der Waals surface area contributed by atoms with E-state index in [4.69, 9.17) is 0 Å². The van der Waals surface area contributed by atoms with Crippen molar-refractivity contribution in [2.45, 2.75) is 36.4 Å². The molecule has 0 atom stereocenters. The van der Waals surface area contributed by atoms with Crippen LogP contribution in [0.2, 0.25) is 0 Å². The van der Waals surface area contributed by atoms with Crippen LogP contribution < -0.4 is 5.32 Å². The standard InChI is InChI=1S/C22H27N5O3S2/c1-16(2)21-24-25-22(27(21)4)31-15-20(28)23-18-10-12-19(13-11-18)32(29,30)26(3)14-17-8-6-5-7-9-17/h5-13,16H,14-15H2,1-4H3,(H,23,28). The number of benzene rings is 2. The number of hydrogen-bond acceptors (Lipinski definition) is 6. The molecule has 0 radical (unpaired) electrons. The van der Waals surface area contributed by atoms with Gasteiger partial charge in [0.15, 0.2) is 5.16 Å². The molecule has 0 spiro atoms. The number of nitrogens with one attached hydrogen (secondary N) is 1. The van der Waals surface area contributed by atoms with Crippen LogP contribution in [0.15, 0.2) is 64.6 Å². The van der Waals surface area contributed by atoms with Crippen molar-refractivity contribution in [3.63, 3.8) is 0 Å². The van der Waals surface area contributed by atoms with E-state index in [1.807, 2.05) is 55.8 Å². The first-order valence-electron chi connectivity index (χ1n) is 10.1. The summed E-state index contributed by atoms with van der Waals surface area (Å²) in [5, 5.41) is 11.7. The molecular formula is C22H27N5O3S2. The molecule has 32 heavy (non-hydrogen) atoms. The van der Waals surface area contributed by atoms with Crippen LogP contribution >= 0.6 is 11.8 Å². The molecule has 2 aromatic carbocycles. The van der Waals surface area contributed by atoms with Gasteiger partial charge in [0.05, 0.1) is 10.6 Å². The molecule has 3 rings (SSSR count). The van der Waals surface area contributed by atoms with Gasteiger partial charge in [0.1, 0.15) is 5.82 Å². The molecule has 1 N–H and O–H groups in total. The van der Waals surface area contributed by atoms with E-state index in [9.17, 15) is 13.2 Å². The fourth-order valence-corrected chi connectivity index (χ4v) is 4.97. The molecule has 0 saturated carbocycles. The van der Waals surface area contributed by atoms with E-state index in [0.717, 1.165) is 11.4 Å². The Morgan fingerprint density at radius 3 is 2.34 bits per heavy atom. The highest BCUT2D eigenvalue weighted by Crippen LogP contribution is 2.21. The minimum Gasteiger partial charge on any atom is -0.325 e. The SMILES string of the molecule is CC(C)c1nnc(SCC(=O)Nc2ccc(S(=O)(=O)N(C)Cc3ccccc3)cc2)n1C. The topological polar surface area (TPSA) is 97.2 Å². The lowest BCUT2D eigenvalue weighted by Crippen LogP contribution is -2.26. The third-order valence-corrected chi connectivity index (χ3v) is 7.65. The molecule has 3 aromatic rings. The smallest absolute Gasteiger partial charge is 0.243 e. The Morgan fingerprint density at radius 2 is 1.75 bits per heavy atom. The molecule has 0 aliphatic carbocycles. The van der Waals surface area contributed by atoms with Crippen LogP contribution in [0.4, 0.5) is 5.69 Å². The second kappa shape index (κ2) is 10.3. The molecule has 0 fully saturated rings. The van der Waals surface area contributed by atoms with Gasteiger partial charge in [-0.05, 0) is 29.8 Å². The lowest BCUT2D eigenvalue weighted by Gasteiger charge is -2.17. The first-order chi connectivity index (χ1) is 15.2. The number of amides is 1. The minimum atomic E-state index is -3.64. The lowest BCUT2D eigenvalue weighted by atomic mass is 10.2. The molecule has 0 unspecified atom stereocenters. The average Bonchev–Trinajstić information content (AvgIpc) is 3.14. The Balaban J connectivity index is 1.58. The van der Waals surface area contributed by atoms with Crippen molar-refractivity contribution in [3.05, 3.63) is 66.0 Å². The van der Waals surface area contributed by atoms with Crippen molar-refractivity contribution in [3.8, 4) is 0 Å². The van der Waals surface area contributed by atoms with Gasteiger partial charge in [-0.1, -0.05) is 55.9 Å². The van der Waals surface area contributed by atoms with Gasteiger partial charge in [-0.3, -0.25) is 4.79 Å². The van der Waals surface area contributed by atoms with Crippen molar-refractivity contribution < 1.29 is 13.2 Å². The normalized spacial score (nSPS) is 11.8. The van der Waals surface area contributed by atoms with Crippen molar-refractivity contribution in [2.75, 3.05) is 18.1 Å². The van der Waals surface area contributed by atoms with E-state index >= 15 is 0 Å². The highest BCUT2D eigenvalue weighted by molar-refractivity contribution is 7.99. The van der Waals surface area contributed by atoms with Crippen LogP contribution in [-0.4, -0.2) is 46.2 Å². The molecule has 0 bridgehead atoms. The maximum Gasteiger partial charge on any atom is 0.243 e. The van der Waals surface area contributed by atoms with Crippen molar-refractivity contribution in [2.24, 2.45) is 7.05 Å². The zero-order valence-electron chi connectivity index (χ0n) is 18.5. The summed E-state index contributed by atoms with van der Waals surface area (Å²) in [6.07, 6.45) is 0. The quantitative estimate of drug-likeness (QED) is 0.478. The molecule has 0 aliphatic heterocycles. The van der Waals surface area contributed by atoms with Crippen LogP contribution in [0.1, 0.15) is 31.2 Å². The minimum absolute atomic E-state index is 0.170. The number of aromatic nitrogens is 3. The summed E-state index contributed by atoms with van der Waals surface area (Å²) in [6, 6.07) is 15.6. The zero-order valence-corrected chi connectivity index (χ0v) is 20.2. The molecule has 10 heteroatoms. The summed E-state index contributed by atoms with van der Waals surface area (Å²) in [4.78, 5) is 12.5. The van der Waals surface area contributed by atoms with Crippen molar-refractivity contribution >= 4 is 33.4 Å². The molecule has 0 saturated heterocycles. The van der Waals surface area contributed by atoms with Crippen LogP contribution in [0, 0.1) is 0 Å². The summed E-state index contributed by atoms with van der Waals surface area (Å²) in [5.41, 5.74) is 1.43. The Hall–Kier alpha value is -2.69. The Bertz CT molecular complexity index is 1160. The summed E-state index contributed by atoms with van der Waals surface area (Å²) in [7, 11) is -0.213. The van der Waals surface area contributed by atoms with E-state index < -0.39 is 10.0 Å². The molecule has 1 aromatic heterocycles. The zero-order chi connectivity index (χ0) is 23.3. The fraction of sp³-hybridized carbons (Fsp3) is 0.318. The number of sulfonamides is 1. The van der Waals surface area contributed by atoms with Crippen LogP contribution in [0.3, 0.4) is 0 Å². The maximum atomic E-state index is 12.8. The number of anilines is 1. The van der Waals surface area contributed by atoms with E-state index in [1.165, 1.54) is 28.2 Å². The van der Waals surface area contributed by atoms with Gasteiger partial charge in [0, 0.05) is 32.2 Å². The van der Waals surface area contributed by atoms with Gasteiger partial charge in [-0.25, -0.2) is 8.42 Å². The van der Waals surface area contributed by atoms with Crippen LogP contribution in [0.25, 0.3) is 0 Å². The largest absolute Gasteiger partial charge is 0.325 e. The number of carbonyl (C=O) groups is 1. The van der Waals surface area contributed by atoms with Gasteiger partial charge in [-0.2, -0.15) is 4.31 Å². The molecule has 170 valence electrons. The van der Waals surface area contributed by atoms with Gasteiger partial charge in [0.2, 0.25) is 15.9 Å². The van der Waals surface area contributed by atoms with Crippen molar-refractivity contribution in [1.82, 2.24) is 19.1 Å². The van der Waals surface area contributed by atoms with E-state index in [0.29, 0.717) is 10.8 Å². The highest BCUT2D eigenvalue weighted by Gasteiger charge is 2.21. The number of thioether (sulfide) groups is 1. The summed E-state index contributed by atoms with van der Waals surface area (Å²) < 4.78 is 28.8. The van der Waals surface area contributed by atoms with E-state index in [1.54, 1.807) is 19.2 Å². The van der Waals surface area contributed by atoms with Crippen molar-refractivity contribution in [1.29, 1.82) is 0 Å². The second-order valence-electron chi connectivity index (χ2n) is 7.66. The van der Waals surface area contributed by atoms with Crippen LogP contribution in [-0.2, 0) is 28.4 Å². The fourth-order valence-electron chi connectivity index (χ4n) is 3.10. The van der Waals surface area contributed by atoms with Gasteiger partial charge >= 0.3 is 0 Å². The number of rotatable bonds is 9. The molecule has 0 aliphatic rings. The monoisotopic (exact) mass is 473 g/mol. The van der Waals surface area contributed by atoms with E-state index in [2.05, 4.69) is 15.5 Å².